The number of hydrogen-bond acceptors (Lipinski definition) is 7. The number of fused-ring (bicyclic) bond motifs is 2. The van der Waals surface area contributed by atoms with Gasteiger partial charge in [0.05, 0.1) is 22.2 Å². The van der Waals surface area contributed by atoms with E-state index in [9.17, 15) is 4.79 Å². The summed E-state index contributed by atoms with van der Waals surface area (Å²) in [5.41, 5.74) is 9.13. The summed E-state index contributed by atoms with van der Waals surface area (Å²) in [7, 11) is 0. The molecule has 3 aromatic heterocycles. The number of nitrogens with zero attached hydrogens (tertiary/aromatic N) is 5. The van der Waals surface area contributed by atoms with Crippen molar-refractivity contribution in [3.8, 4) is 11.5 Å². The lowest BCUT2D eigenvalue weighted by Gasteiger charge is -2.11. The first-order valence-corrected chi connectivity index (χ1v) is 8.88. The molecule has 2 aromatic carbocycles. The molecule has 5 rings (SSSR count). The summed E-state index contributed by atoms with van der Waals surface area (Å²) < 4.78 is 6.45. The Kier molecular flexibility index (Phi) is 3.91. The first kappa shape index (κ1) is 16.9. The number of rotatable bonds is 4. The van der Waals surface area contributed by atoms with Gasteiger partial charge in [-0.2, -0.15) is 0 Å². The van der Waals surface area contributed by atoms with Crippen molar-refractivity contribution in [1.82, 2.24) is 24.8 Å². The lowest BCUT2D eigenvalue weighted by molar-refractivity contribution is -0.116. The number of carbonyl (C=O) groups is 1. The fourth-order valence-electron chi connectivity index (χ4n) is 3.31. The van der Waals surface area contributed by atoms with Gasteiger partial charge in [-0.15, -0.1) is 0 Å². The Labute approximate surface area is 164 Å². The zero-order chi connectivity index (χ0) is 19.8. The average molecular weight is 385 g/mol. The molecule has 0 aliphatic rings. The van der Waals surface area contributed by atoms with Gasteiger partial charge in [-0.05, 0) is 34.6 Å². The molecule has 0 aliphatic heterocycles. The molecule has 3 N–H and O–H groups in total. The normalized spacial score (nSPS) is 11.2. The predicted octanol–water partition coefficient (Wildman–Crippen LogP) is 2.86. The Hall–Kier alpha value is -4.27. The molecule has 0 atom stereocenters. The highest BCUT2D eigenvalue weighted by atomic mass is 16.6. The molecule has 0 aliphatic carbocycles. The maximum absolute atomic E-state index is 12.9. The van der Waals surface area contributed by atoms with Crippen molar-refractivity contribution in [3.63, 3.8) is 0 Å². The Morgan fingerprint density at radius 2 is 1.83 bits per heavy atom. The molecule has 0 saturated heterocycles. The zero-order valence-electron chi connectivity index (χ0n) is 15.1. The molecule has 0 saturated carbocycles. The number of pyridine rings is 1. The van der Waals surface area contributed by atoms with Crippen LogP contribution in [0.25, 0.3) is 33.5 Å². The molecule has 29 heavy (non-hydrogen) atoms. The minimum atomic E-state index is -0.221. The van der Waals surface area contributed by atoms with E-state index in [-0.39, 0.29) is 18.3 Å². The summed E-state index contributed by atoms with van der Waals surface area (Å²) in [6.07, 6.45) is 1.66. The summed E-state index contributed by atoms with van der Waals surface area (Å²) in [6.45, 7) is 0.0127. The van der Waals surface area contributed by atoms with E-state index in [2.05, 4.69) is 25.6 Å². The Bertz CT molecular complexity index is 1350. The SMILES string of the molecule is Nc1nonc1-c1nc2ccccc2n1CC(=O)Nc1ccnc2ccccc12. The standard InChI is InChI=1S/C20H15N7O2/c21-19-18(25-29-26-19)20-24-15-7-3-4-8-16(15)27(20)11-17(28)23-14-9-10-22-13-6-2-1-5-12(13)14/h1-10H,11H2,(H2,21,26)(H,22,23,28). The molecule has 9 heteroatoms. The van der Waals surface area contributed by atoms with Crippen LogP contribution < -0.4 is 11.1 Å². The number of para-hydroxylation sites is 3. The van der Waals surface area contributed by atoms with Gasteiger partial charge in [0.15, 0.2) is 17.3 Å². The lowest BCUT2D eigenvalue weighted by Crippen LogP contribution is -2.19. The quantitative estimate of drug-likeness (QED) is 0.487. The third-order valence-electron chi connectivity index (χ3n) is 4.61. The van der Waals surface area contributed by atoms with Crippen LogP contribution in [0.1, 0.15) is 0 Å². The van der Waals surface area contributed by atoms with Crippen molar-refractivity contribution in [3.05, 3.63) is 60.8 Å². The van der Waals surface area contributed by atoms with E-state index >= 15 is 0 Å². The van der Waals surface area contributed by atoms with Gasteiger partial charge in [-0.1, -0.05) is 30.3 Å². The number of nitrogens with one attached hydrogen (secondary N) is 1. The highest BCUT2D eigenvalue weighted by molar-refractivity contribution is 6.01. The van der Waals surface area contributed by atoms with Crippen LogP contribution in [0.4, 0.5) is 11.5 Å². The van der Waals surface area contributed by atoms with E-state index in [4.69, 9.17) is 10.4 Å². The molecule has 0 spiro atoms. The molecule has 9 nitrogen and oxygen atoms in total. The number of carbonyl (C=O) groups excluding carboxylic acids is 1. The van der Waals surface area contributed by atoms with Crippen LogP contribution in [-0.4, -0.2) is 30.8 Å². The van der Waals surface area contributed by atoms with E-state index in [1.807, 2.05) is 48.5 Å². The second-order valence-corrected chi connectivity index (χ2v) is 6.43. The Morgan fingerprint density at radius 1 is 1.03 bits per heavy atom. The molecule has 0 unspecified atom stereocenters. The molecule has 0 fully saturated rings. The number of amides is 1. The monoisotopic (exact) mass is 385 g/mol. The van der Waals surface area contributed by atoms with Crippen molar-refractivity contribution in [2.45, 2.75) is 6.54 Å². The van der Waals surface area contributed by atoms with Crippen LogP contribution in [0, 0.1) is 0 Å². The molecular weight excluding hydrogens is 370 g/mol. The molecule has 1 amide bonds. The van der Waals surface area contributed by atoms with Crippen LogP contribution in [0.3, 0.4) is 0 Å². The van der Waals surface area contributed by atoms with Gasteiger partial charge in [0, 0.05) is 11.6 Å². The molecule has 3 heterocycles. The van der Waals surface area contributed by atoms with Crippen molar-refractivity contribution in [1.29, 1.82) is 0 Å². The largest absolute Gasteiger partial charge is 0.379 e. The van der Waals surface area contributed by atoms with Crippen molar-refractivity contribution >= 4 is 39.3 Å². The maximum atomic E-state index is 12.9. The van der Waals surface area contributed by atoms with E-state index in [0.717, 1.165) is 16.4 Å². The number of imidazole rings is 1. The van der Waals surface area contributed by atoms with Crippen molar-refractivity contribution in [2.75, 3.05) is 11.1 Å². The fraction of sp³-hybridized carbons (Fsp3) is 0.0500. The minimum Gasteiger partial charge on any atom is -0.379 e. The fourth-order valence-corrected chi connectivity index (χ4v) is 3.31. The van der Waals surface area contributed by atoms with E-state index < -0.39 is 0 Å². The average Bonchev–Trinajstić information content (AvgIpc) is 3.32. The van der Waals surface area contributed by atoms with Gasteiger partial charge in [-0.25, -0.2) is 9.61 Å². The molecular formula is C20H15N7O2. The number of nitrogens with two attached hydrogens (primary N) is 1. The van der Waals surface area contributed by atoms with Gasteiger partial charge >= 0.3 is 0 Å². The van der Waals surface area contributed by atoms with E-state index in [1.54, 1.807) is 16.8 Å². The van der Waals surface area contributed by atoms with Gasteiger partial charge in [0.25, 0.3) is 0 Å². The van der Waals surface area contributed by atoms with Crippen LogP contribution in [0.5, 0.6) is 0 Å². The number of anilines is 2. The van der Waals surface area contributed by atoms with Crippen LogP contribution in [-0.2, 0) is 11.3 Å². The van der Waals surface area contributed by atoms with Gasteiger partial charge < -0.3 is 15.6 Å². The van der Waals surface area contributed by atoms with Crippen LogP contribution >= 0.6 is 0 Å². The second-order valence-electron chi connectivity index (χ2n) is 6.43. The maximum Gasteiger partial charge on any atom is 0.244 e. The number of hydrogen-bond donors (Lipinski definition) is 2. The van der Waals surface area contributed by atoms with E-state index in [1.165, 1.54) is 0 Å². The van der Waals surface area contributed by atoms with Gasteiger partial charge in [-0.3, -0.25) is 9.78 Å². The summed E-state index contributed by atoms with van der Waals surface area (Å²) >= 11 is 0. The van der Waals surface area contributed by atoms with Gasteiger partial charge in [0.1, 0.15) is 6.54 Å². The number of benzene rings is 2. The highest BCUT2D eigenvalue weighted by Gasteiger charge is 2.20. The summed E-state index contributed by atoms with van der Waals surface area (Å²) in [5, 5.41) is 11.3. The molecule has 142 valence electrons. The highest BCUT2D eigenvalue weighted by Crippen LogP contribution is 2.27. The third-order valence-corrected chi connectivity index (χ3v) is 4.61. The Morgan fingerprint density at radius 3 is 2.66 bits per heavy atom. The van der Waals surface area contributed by atoms with Gasteiger partial charge in [0.2, 0.25) is 5.91 Å². The van der Waals surface area contributed by atoms with Crippen LogP contribution in [0.2, 0.25) is 0 Å². The number of nitrogen functional groups attached to an aromatic ring is 1. The summed E-state index contributed by atoms with van der Waals surface area (Å²) in [6, 6.07) is 16.9. The van der Waals surface area contributed by atoms with E-state index in [0.29, 0.717) is 22.7 Å². The Balaban J connectivity index is 1.53. The summed E-state index contributed by atoms with van der Waals surface area (Å²) in [5.74, 6) is 0.308. The zero-order valence-corrected chi connectivity index (χ0v) is 15.1. The smallest absolute Gasteiger partial charge is 0.244 e. The topological polar surface area (TPSA) is 125 Å². The van der Waals surface area contributed by atoms with Crippen molar-refractivity contribution in [2.24, 2.45) is 0 Å². The molecule has 5 aromatic rings. The van der Waals surface area contributed by atoms with Crippen molar-refractivity contribution < 1.29 is 9.42 Å². The second kappa shape index (κ2) is 6.71. The lowest BCUT2D eigenvalue weighted by atomic mass is 10.2. The molecule has 0 bridgehead atoms. The van der Waals surface area contributed by atoms with Crippen LogP contribution in [0.15, 0.2) is 65.4 Å². The first-order chi connectivity index (χ1) is 14.2. The first-order valence-electron chi connectivity index (χ1n) is 8.88. The minimum absolute atomic E-state index is 0.0127. The third kappa shape index (κ3) is 2.94. The number of aromatic nitrogens is 5. The molecule has 0 radical (unpaired) electrons. The predicted molar refractivity (Wildman–Crippen MR) is 108 cm³/mol. The summed E-state index contributed by atoms with van der Waals surface area (Å²) in [4.78, 5) is 21.8.